The van der Waals surface area contributed by atoms with Crippen LogP contribution in [0.25, 0.3) is 0 Å². The lowest BCUT2D eigenvalue weighted by atomic mass is 10.2. The normalized spacial score (nSPS) is 27.2. The Hall–Kier alpha value is -1.30. The van der Waals surface area contributed by atoms with Gasteiger partial charge in [-0.2, -0.15) is 5.10 Å². The number of hydrogen-bond acceptors (Lipinski definition) is 3. The molecule has 2 N–H and O–H groups in total. The number of nitrogens with two attached hydrogens (primary N) is 1. The third-order valence-electron chi connectivity index (χ3n) is 2.65. The van der Waals surface area contributed by atoms with Gasteiger partial charge >= 0.3 is 0 Å². The number of hydrogen-bond donors (Lipinski definition) is 1. The highest BCUT2D eigenvalue weighted by Gasteiger charge is 2.38. The molecule has 0 spiro atoms. The van der Waals surface area contributed by atoms with E-state index in [0.717, 1.165) is 0 Å². The number of fused-ring (bicyclic) bond motifs is 1. The van der Waals surface area contributed by atoms with Gasteiger partial charge in [0.25, 0.3) is 0 Å². The molecule has 0 fully saturated rings. The highest BCUT2D eigenvalue weighted by atomic mass is 35.5. The van der Waals surface area contributed by atoms with Crippen molar-refractivity contribution in [3.63, 3.8) is 0 Å². The molecule has 1 heterocycles. The number of halogens is 1. The second-order valence-electron chi connectivity index (χ2n) is 3.52. The third kappa shape index (κ3) is 1.28. The van der Waals surface area contributed by atoms with Crippen LogP contribution >= 0.6 is 11.6 Å². The number of benzene rings is 1. The zero-order valence-corrected chi connectivity index (χ0v) is 9.19. The van der Waals surface area contributed by atoms with Crippen molar-refractivity contribution in [1.82, 2.24) is 9.76 Å². The molecule has 80 valence electrons. The summed E-state index contributed by atoms with van der Waals surface area (Å²) in [5.74, 6) is 5.71. The van der Waals surface area contributed by atoms with Gasteiger partial charge in [0.05, 0.1) is 19.7 Å². The molecule has 0 bridgehead atoms. The van der Waals surface area contributed by atoms with E-state index in [1.807, 2.05) is 0 Å². The number of amidine groups is 1. The fourth-order valence-corrected chi connectivity index (χ4v) is 1.89. The predicted octanol–water partition coefficient (Wildman–Crippen LogP) is 1.26. The Morgan fingerprint density at radius 1 is 1.53 bits per heavy atom. The minimum absolute atomic E-state index is 0.449. The fourth-order valence-electron chi connectivity index (χ4n) is 1.72. The van der Waals surface area contributed by atoms with Crippen molar-refractivity contribution in [2.24, 2.45) is 10.9 Å². The van der Waals surface area contributed by atoms with Crippen LogP contribution in [-0.4, -0.2) is 24.9 Å². The first-order chi connectivity index (χ1) is 6.98. The van der Waals surface area contributed by atoms with Gasteiger partial charge < -0.3 is 11.0 Å². The number of hydrazone groups is 1. The number of rotatable bonds is 0. The summed E-state index contributed by atoms with van der Waals surface area (Å²) in [6, 6.07) is 5.07. The highest BCUT2D eigenvalue weighted by molar-refractivity contribution is 6.31. The van der Waals surface area contributed by atoms with Crippen molar-refractivity contribution in [2.75, 3.05) is 14.1 Å². The maximum absolute atomic E-state index is 12.2. The first-order valence-corrected chi connectivity index (χ1v) is 4.76. The van der Waals surface area contributed by atoms with Gasteiger partial charge in [-0.15, -0.1) is 0 Å². The first kappa shape index (κ1) is 10.2. The maximum atomic E-state index is 12.2. The van der Waals surface area contributed by atoms with Crippen LogP contribution in [0.3, 0.4) is 0 Å². The van der Waals surface area contributed by atoms with Gasteiger partial charge in [-0.05, 0) is 12.1 Å². The third-order valence-corrected chi connectivity index (χ3v) is 2.88. The zero-order valence-electron chi connectivity index (χ0n) is 8.44. The van der Waals surface area contributed by atoms with Crippen LogP contribution in [0.4, 0.5) is 5.69 Å². The molecule has 15 heavy (non-hydrogen) atoms. The first-order valence-electron chi connectivity index (χ1n) is 4.38. The molecule has 0 amide bonds. The van der Waals surface area contributed by atoms with E-state index in [9.17, 15) is 5.21 Å². The fraction of sp³-hybridized carbons (Fsp3) is 0.222. The molecule has 0 saturated heterocycles. The van der Waals surface area contributed by atoms with Crippen LogP contribution in [0, 0.1) is 5.21 Å². The van der Waals surface area contributed by atoms with Crippen molar-refractivity contribution in [3.8, 4) is 0 Å². The predicted molar refractivity (Wildman–Crippen MR) is 61.0 cm³/mol. The van der Waals surface area contributed by atoms with E-state index < -0.39 is 4.76 Å². The largest absolute Gasteiger partial charge is 0.601 e. The Labute approximate surface area is 92.5 Å². The zero-order chi connectivity index (χ0) is 11.2. The van der Waals surface area contributed by atoms with Gasteiger partial charge in [0.2, 0.25) is 5.84 Å². The maximum Gasteiger partial charge on any atom is 0.209 e. The Morgan fingerprint density at radius 3 is 2.80 bits per heavy atom. The average molecular weight is 227 g/mol. The van der Waals surface area contributed by atoms with Crippen LogP contribution in [0.2, 0.25) is 5.02 Å². The Bertz CT molecular complexity index is 444. The SMILES string of the molecule is CN1C(=NN)c2cc(Cl)ccc2[N+]1(C)[O-]. The van der Waals surface area contributed by atoms with Crippen molar-refractivity contribution >= 4 is 23.1 Å². The quantitative estimate of drug-likeness (QED) is 0.314. The smallest absolute Gasteiger partial charge is 0.209 e. The standard InChI is InChI=1S/C9H11ClN4O/c1-13-9(12-11)7-5-6(10)3-4-8(7)14(13,2)15/h3-5H,11H2,1-2H3. The second-order valence-corrected chi connectivity index (χ2v) is 3.95. The summed E-state index contributed by atoms with van der Waals surface area (Å²) in [5, 5.41) is 17.8. The minimum atomic E-state index is -0.650. The highest BCUT2D eigenvalue weighted by Crippen LogP contribution is 2.36. The summed E-state index contributed by atoms with van der Waals surface area (Å²) in [7, 11) is 3.16. The molecule has 0 radical (unpaired) electrons. The summed E-state index contributed by atoms with van der Waals surface area (Å²) < 4.78 is -0.650. The molecular weight excluding hydrogens is 216 g/mol. The molecule has 6 heteroatoms. The van der Waals surface area contributed by atoms with Crippen LogP contribution in [-0.2, 0) is 0 Å². The monoisotopic (exact) mass is 226 g/mol. The molecule has 0 aliphatic carbocycles. The summed E-state index contributed by atoms with van der Waals surface area (Å²) in [6.07, 6.45) is 0. The van der Waals surface area contributed by atoms with Gasteiger partial charge in [0, 0.05) is 11.1 Å². The van der Waals surface area contributed by atoms with Crippen LogP contribution < -0.4 is 10.6 Å². The lowest BCUT2D eigenvalue weighted by Crippen LogP contribution is -2.50. The van der Waals surface area contributed by atoms with Crippen LogP contribution in [0.5, 0.6) is 0 Å². The Morgan fingerprint density at radius 2 is 2.20 bits per heavy atom. The number of quaternary nitrogens is 1. The molecule has 1 aromatic rings. The Balaban J connectivity index is 2.71. The van der Waals surface area contributed by atoms with Crippen molar-refractivity contribution in [3.05, 3.63) is 34.0 Å². The van der Waals surface area contributed by atoms with E-state index >= 15 is 0 Å². The number of hydroxylamine groups is 1. The van der Waals surface area contributed by atoms with Gasteiger partial charge in [-0.3, -0.25) is 0 Å². The van der Waals surface area contributed by atoms with Gasteiger partial charge in [0.15, 0.2) is 5.69 Å². The molecule has 1 atom stereocenters. The van der Waals surface area contributed by atoms with E-state index in [1.54, 1.807) is 25.2 Å². The van der Waals surface area contributed by atoms with Crippen molar-refractivity contribution in [2.45, 2.75) is 0 Å². The summed E-state index contributed by atoms with van der Waals surface area (Å²) >= 11 is 5.86. The average Bonchev–Trinajstić information content (AvgIpc) is 2.35. The molecular formula is C9H11ClN4O. The van der Waals surface area contributed by atoms with E-state index in [-0.39, 0.29) is 0 Å². The molecule has 5 nitrogen and oxygen atoms in total. The van der Waals surface area contributed by atoms with E-state index in [2.05, 4.69) is 5.10 Å². The summed E-state index contributed by atoms with van der Waals surface area (Å²) in [4.78, 5) is 0. The minimum Gasteiger partial charge on any atom is -0.601 e. The van der Waals surface area contributed by atoms with Gasteiger partial charge in [-0.1, -0.05) is 11.6 Å². The van der Waals surface area contributed by atoms with Gasteiger partial charge in [-0.25, -0.2) is 9.76 Å². The lowest BCUT2D eigenvalue weighted by Gasteiger charge is -2.38. The lowest BCUT2D eigenvalue weighted by molar-refractivity contribution is 0.192. The summed E-state index contributed by atoms with van der Waals surface area (Å²) in [5.41, 5.74) is 1.27. The van der Waals surface area contributed by atoms with E-state index in [0.29, 0.717) is 22.1 Å². The summed E-state index contributed by atoms with van der Waals surface area (Å²) in [6.45, 7) is 0. The number of nitrogens with zero attached hydrogens (tertiary/aromatic N) is 3. The topological polar surface area (TPSA) is 64.7 Å². The molecule has 2 rings (SSSR count). The van der Waals surface area contributed by atoms with Crippen LogP contribution in [0.1, 0.15) is 5.56 Å². The molecule has 1 aromatic carbocycles. The molecule has 1 aliphatic heterocycles. The Kier molecular flexibility index (Phi) is 2.11. The van der Waals surface area contributed by atoms with Gasteiger partial charge in [0.1, 0.15) is 0 Å². The molecule has 1 unspecified atom stereocenters. The van der Waals surface area contributed by atoms with E-state index in [1.165, 1.54) is 12.1 Å². The molecule has 1 aliphatic rings. The van der Waals surface area contributed by atoms with Crippen LogP contribution in [0.15, 0.2) is 23.3 Å². The van der Waals surface area contributed by atoms with Crippen molar-refractivity contribution < 1.29 is 0 Å². The molecule has 0 aromatic heterocycles. The van der Waals surface area contributed by atoms with E-state index in [4.69, 9.17) is 17.4 Å². The molecule has 0 saturated carbocycles. The van der Waals surface area contributed by atoms with Crippen molar-refractivity contribution in [1.29, 1.82) is 0 Å². The second kappa shape index (κ2) is 3.10.